The maximum Gasteiger partial charge on any atom is 0.272 e. The fraction of sp³-hybridized carbons (Fsp3) is 0.214. The number of nitrogens with zero attached hydrogens (tertiary/aromatic N) is 3. The van der Waals surface area contributed by atoms with E-state index >= 15 is 0 Å². The predicted molar refractivity (Wildman–Crippen MR) is 137 cm³/mol. The first-order valence-corrected chi connectivity index (χ1v) is 13.4. The van der Waals surface area contributed by atoms with Crippen LogP contribution in [0.1, 0.15) is 47.1 Å². The van der Waals surface area contributed by atoms with Crippen LogP contribution in [0, 0.1) is 0 Å². The lowest BCUT2D eigenvalue weighted by Crippen LogP contribution is -2.39. The monoisotopic (exact) mass is 469 g/mol. The van der Waals surface area contributed by atoms with E-state index in [0.29, 0.717) is 17.9 Å². The number of fused-ring (bicyclic) bond motifs is 1. The molecule has 3 heterocycles. The first kappa shape index (κ1) is 22.3. The predicted octanol–water partition coefficient (Wildman–Crippen LogP) is 5.27. The first-order valence-electron chi connectivity index (χ1n) is 11.5. The normalized spacial score (nSPS) is 17.9. The minimum Gasteiger partial charge on any atom is -0.330 e. The van der Waals surface area contributed by atoms with E-state index in [1.54, 1.807) is 12.3 Å². The summed E-state index contributed by atoms with van der Waals surface area (Å²) in [6, 6.07) is 23.0. The number of benzene rings is 2. The van der Waals surface area contributed by atoms with Crippen LogP contribution in [0.4, 0.5) is 0 Å². The zero-order valence-electron chi connectivity index (χ0n) is 19.0. The molecule has 0 radical (unpaired) electrons. The van der Waals surface area contributed by atoms with Gasteiger partial charge in [0.25, 0.3) is 5.91 Å². The van der Waals surface area contributed by atoms with Crippen LogP contribution < -0.4 is 0 Å². The van der Waals surface area contributed by atoms with Crippen molar-refractivity contribution in [3.05, 3.63) is 102 Å². The van der Waals surface area contributed by atoms with Gasteiger partial charge in [0.1, 0.15) is 5.69 Å². The molecule has 1 saturated heterocycles. The molecule has 1 aliphatic rings. The molecular formula is C28H27N3O2S. The van der Waals surface area contributed by atoms with Gasteiger partial charge in [-0.1, -0.05) is 48.5 Å². The zero-order chi connectivity index (χ0) is 23.5. The van der Waals surface area contributed by atoms with Gasteiger partial charge in [0, 0.05) is 33.4 Å². The van der Waals surface area contributed by atoms with Crippen molar-refractivity contribution >= 4 is 32.1 Å². The Morgan fingerprint density at radius 2 is 1.82 bits per heavy atom. The van der Waals surface area contributed by atoms with Crippen LogP contribution in [0.25, 0.3) is 10.8 Å². The van der Waals surface area contributed by atoms with Gasteiger partial charge in [-0.2, -0.15) is 0 Å². The maximum atomic E-state index is 13.7. The molecule has 172 valence electrons. The largest absolute Gasteiger partial charge is 0.330 e. The molecule has 5 rings (SSSR count). The van der Waals surface area contributed by atoms with Crippen LogP contribution in [-0.2, 0) is 15.3 Å². The van der Waals surface area contributed by atoms with E-state index in [2.05, 4.69) is 15.8 Å². The number of likely N-dealkylation sites (tertiary alicyclic amines) is 1. The Bertz CT molecular complexity index is 1430. The highest BCUT2D eigenvalue weighted by Gasteiger charge is 2.29. The van der Waals surface area contributed by atoms with Crippen molar-refractivity contribution in [1.82, 2.24) is 14.9 Å². The SMILES string of the molecule is C=S(=O)(Cc1cccc(C(=O)N2CCCCC2c2cccnc2)n1)c1cccc2ccccc12. The summed E-state index contributed by atoms with van der Waals surface area (Å²) in [6.07, 6.45) is 6.53. The smallest absolute Gasteiger partial charge is 0.272 e. The van der Waals surface area contributed by atoms with Gasteiger partial charge in [-0.25, -0.2) is 4.98 Å². The molecule has 1 amide bonds. The summed E-state index contributed by atoms with van der Waals surface area (Å²) < 4.78 is 13.7. The highest BCUT2D eigenvalue weighted by molar-refractivity contribution is 7.99. The van der Waals surface area contributed by atoms with Gasteiger partial charge in [-0.05, 0) is 65.7 Å². The molecule has 0 bridgehead atoms. The summed E-state index contributed by atoms with van der Waals surface area (Å²) in [6.45, 7) is 0.687. The van der Waals surface area contributed by atoms with Crippen molar-refractivity contribution in [3.63, 3.8) is 0 Å². The summed E-state index contributed by atoms with van der Waals surface area (Å²) in [5.41, 5.74) is 2.03. The standard InChI is InChI=1S/C28H27N3O2S/c1-34(33,27-16-6-10-21-9-2-3-13-24(21)27)20-23-12-7-14-25(30-23)28(32)31-18-5-4-15-26(31)22-11-8-17-29-19-22/h2-3,6-14,16-17,19,26H,1,4-5,15,18,20H2. The molecule has 5 nitrogen and oxygen atoms in total. The van der Waals surface area contributed by atoms with Crippen LogP contribution >= 0.6 is 0 Å². The third-order valence-electron chi connectivity index (χ3n) is 6.39. The summed E-state index contributed by atoms with van der Waals surface area (Å²) in [5, 5.41) is 1.96. The van der Waals surface area contributed by atoms with Crippen LogP contribution in [0.15, 0.2) is 90.1 Å². The average Bonchev–Trinajstić information content (AvgIpc) is 2.88. The molecule has 0 N–H and O–H groups in total. The first-order chi connectivity index (χ1) is 16.5. The molecule has 34 heavy (non-hydrogen) atoms. The molecule has 2 aromatic carbocycles. The lowest BCUT2D eigenvalue weighted by Gasteiger charge is -2.35. The Morgan fingerprint density at radius 3 is 2.68 bits per heavy atom. The number of carbonyl (C=O) groups excluding carboxylic acids is 1. The topological polar surface area (TPSA) is 63.2 Å². The number of rotatable bonds is 5. The van der Waals surface area contributed by atoms with Gasteiger partial charge in [0.15, 0.2) is 0 Å². The van der Waals surface area contributed by atoms with E-state index in [-0.39, 0.29) is 17.7 Å². The Kier molecular flexibility index (Phi) is 6.16. The molecule has 2 unspecified atom stereocenters. The summed E-state index contributed by atoms with van der Waals surface area (Å²) >= 11 is 0. The fourth-order valence-electron chi connectivity index (χ4n) is 4.76. The molecule has 1 fully saturated rings. The number of aromatic nitrogens is 2. The highest BCUT2D eigenvalue weighted by atomic mass is 32.2. The summed E-state index contributed by atoms with van der Waals surface area (Å²) in [4.78, 5) is 25.0. The number of hydrogen-bond donors (Lipinski definition) is 0. The molecular weight excluding hydrogens is 442 g/mol. The number of amides is 1. The Morgan fingerprint density at radius 1 is 1.00 bits per heavy atom. The maximum absolute atomic E-state index is 13.7. The molecule has 0 spiro atoms. The summed E-state index contributed by atoms with van der Waals surface area (Å²) in [5.74, 6) is 4.16. The quantitative estimate of drug-likeness (QED) is 0.374. The van der Waals surface area contributed by atoms with Crippen LogP contribution in [0.2, 0.25) is 0 Å². The minimum atomic E-state index is -2.66. The summed E-state index contributed by atoms with van der Waals surface area (Å²) in [7, 11) is -2.66. The van der Waals surface area contributed by atoms with Crippen molar-refractivity contribution in [2.75, 3.05) is 6.54 Å². The van der Waals surface area contributed by atoms with Gasteiger partial charge >= 0.3 is 0 Å². The van der Waals surface area contributed by atoms with E-state index in [9.17, 15) is 9.00 Å². The van der Waals surface area contributed by atoms with E-state index < -0.39 is 9.52 Å². The fourth-order valence-corrected chi connectivity index (χ4v) is 6.46. The van der Waals surface area contributed by atoms with Gasteiger partial charge < -0.3 is 4.90 Å². The highest BCUT2D eigenvalue weighted by Crippen LogP contribution is 2.32. The third kappa shape index (κ3) is 4.46. The van der Waals surface area contributed by atoms with Gasteiger partial charge in [0.2, 0.25) is 0 Å². The molecule has 6 heteroatoms. The molecule has 0 saturated carbocycles. The van der Waals surface area contributed by atoms with Gasteiger partial charge in [0.05, 0.1) is 17.5 Å². The molecule has 2 atom stereocenters. The van der Waals surface area contributed by atoms with Crippen molar-refractivity contribution in [2.45, 2.75) is 36.0 Å². The number of piperidine rings is 1. The lowest BCUT2D eigenvalue weighted by atomic mass is 9.96. The molecule has 2 aromatic heterocycles. The van der Waals surface area contributed by atoms with E-state index in [1.807, 2.05) is 77.8 Å². The second-order valence-corrected chi connectivity index (χ2v) is 11.1. The molecule has 1 aliphatic heterocycles. The van der Waals surface area contributed by atoms with Crippen LogP contribution in [0.3, 0.4) is 0 Å². The van der Waals surface area contributed by atoms with Crippen molar-refractivity contribution in [2.24, 2.45) is 0 Å². The van der Waals surface area contributed by atoms with Crippen molar-refractivity contribution < 1.29 is 9.00 Å². The Balaban J connectivity index is 1.42. The van der Waals surface area contributed by atoms with Crippen molar-refractivity contribution in [3.8, 4) is 0 Å². The van der Waals surface area contributed by atoms with E-state index in [0.717, 1.165) is 40.5 Å². The Hall–Kier alpha value is -3.51. The Labute approximate surface area is 200 Å². The third-order valence-corrected chi connectivity index (χ3v) is 8.31. The van der Waals surface area contributed by atoms with Crippen LogP contribution in [0.5, 0.6) is 0 Å². The molecule has 4 aromatic rings. The number of hydrogen-bond acceptors (Lipinski definition) is 4. The minimum absolute atomic E-state index is 0.00634. The second-order valence-electron chi connectivity index (χ2n) is 8.74. The van der Waals surface area contributed by atoms with Gasteiger partial charge in [-0.3, -0.25) is 14.0 Å². The van der Waals surface area contributed by atoms with E-state index in [4.69, 9.17) is 0 Å². The zero-order valence-corrected chi connectivity index (χ0v) is 19.8. The lowest BCUT2D eigenvalue weighted by molar-refractivity contribution is 0.0605. The van der Waals surface area contributed by atoms with Crippen molar-refractivity contribution in [1.29, 1.82) is 0 Å². The van der Waals surface area contributed by atoms with Crippen LogP contribution in [-0.4, -0.2) is 37.4 Å². The van der Waals surface area contributed by atoms with Gasteiger partial charge in [-0.15, -0.1) is 0 Å². The number of pyridine rings is 2. The molecule has 0 aliphatic carbocycles. The number of carbonyl (C=O) groups is 1. The second kappa shape index (κ2) is 9.39. The average molecular weight is 470 g/mol. The van der Waals surface area contributed by atoms with E-state index in [1.165, 1.54) is 0 Å².